The minimum absolute atomic E-state index is 0.267. The largest absolute Gasteiger partial charge is 0.495 e. The third-order valence-corrected chi connectivity index (χ3v) is 6.19. The molecule has 0 spiro atoms. The Bertz CT molecular complexity index is 1610. The van der Waals surface area contributed by atoms with Crippen LogP contribution in [-0.2, 0) is 18.8 Å². The SMILES string of the molecule is COc1cc(-c2cnc(C)n2C)ccc1Nc1cc2c(cn1)cc(-c1cnn(C)c1)n2C(=O)OC(C)C. The fourth-order valence-electron chi connectivity index (χ4n) is 4.25. The van der Waals surface area contributed by atoms with E-state index in [2.05, 4.69) is 20.4 Å². The third-order valence-electron chi connectivity index (χ3n) is 6.19. The smallest absolute Gasteiger partial charge is 0.419 e. The first-order chi connectivity index (χ1) is 17.7. The Morgan fingerprint density at radius 2 is 1.81 bits per heavy atom. The molecule has 0 saturated heterocycles. The zero-order valence-electron chi connectivity index (χ0n) is 21.7. The van der Waals surface area contributed by atoms with E-state index in [0.717, 1.165) is 33.7 Å². The lowest BCUT2D eigenvalue weighted by atomic mass is 10.1. The predicted molar refractivity (Wildman–Crippen MR) is 142 cm³/mol. The van der Waals surface area contributed by atoms with Crippen molar-refractivity contribution in [3.63, 3.8) is 0 Å². The molecule has 10 heteroatoms. The van der Waals surface area contributed by atoms with E-state index < -0.39 is 6.09 Å². The Morgan fingerprint density at radius 3 is 2.46 bits per heavy atom. The molecule has 37 heavy (non-hydrogen) atoms. The maximum Gasteiger partial charge on any atom is 0.419 e. The highest BCUT2D eigenvalue weighted by molar-refractivity contribution is 5.97. The highest BCUT2D eigenvalue weighted by Crippen LogP contribution is 2.34. The van der Waals surface area contributed by atoms with Gasteiger partial charge in [0.1, 0.15) is 17.4 Å². The number of aromatic nitrogens is 6. The lowest BCUT2D eigenvalue weighted by Gasteiger charge is -2.14. The van der Waals surface area contributed by atoms with E-state index in [-0.39, 0.29) is 6.10 Å². The molecule has 4 aromatic heterocycles. The van der Waals surface area contributed by atoms with E-state index in [1.165, 1.54) is 0 Å². The third kappa shape index (κ3) is 4.53. The maximum atomic E-state index is 13.1. The van der Waals surface area contributed by atoms with Crippen LogP contribution in [0, 0.1) is 6.92 Å². The molecule has 5 aromatic rings. The molecule has 0 bridgehead atoms. The van der Waals surface area contributed by atoms with Crippen molar-refractivity contribution < 1.29 is 14.3 Å². The van der Waals surface area contributed by atoms with Gasteiger partial charge in [0.25, 0.3) is 0 Å². The minimum Gasteiger partial charge on any atom is -0.495 e. The van der Waals surface area contributed by atoms with Crippen molar-refractivity contribution in [1.82, 2.24) is 28.9 Å². The number of nitrogens with one attached hydrogen (secondary N) is 1. The van der Waals surface area contributed by atoms with Gasteiger partial charge in [0.05, 0.1) is 48.2 Å². The number of hydrogen-bond donors (Lipinski definition) is 1. The molecule has 0 aliphatic heterocycles. The number of fused-ring (bicyclic) bond motifs is 1. The molecule has 0 saturated carbocycles. The molecule has 1 N–H and O–H groups in total. The van der Waals surface area contributed by atoms with Crippen LogP contribution < -0.4 is 10.1 Å². The summed E-state index contributed by atoms with van der Waals surface area (Å²) in [5.41, 5.74) is 4.87. The molecular weight excluding hydrogens is 470 g/mol. The second-order valence-electron chi connectivity index (χ2n) is 9.12. The van der Waals surface area contributed by atoms with Gasteiger partial charge >= 0.3 is 6.09 Å². The van der Waals surface area contributed by atoms with Crippen LogP contribution in [-0.4, -0.2) is 48.2 Å². The summed E-state index contributed by atoms with van der Waals surface area (Å²) < 4.78 is 16.5. The van der Waals surface area contributed by atoms with Gasteiger partial charge in [-0.05, 0) is 39.0 Å². The molecule has 10 nitrogen and oxygen atoms in total. The number of anilines is 2. The number of rotatable bonds is 6. The summed E-state index contributed by atoms with van der Waals surface area (Å²) in [6.45, 7) is 5.61. The topological polar surface area (TPSA) is 101 Å². The first-order valence-corrected chi connectivity index (χ1v) is 11.9. The molecule has 190 valence electrons. The summed E-state index contributed by atoms with van der Waals surface area (Å²) in [5, 5.41) is 8.39. The highest BCUT2D eigenvalue weighted by Gasteiger charge is 2.21. The van der Waals surface area contributed by atoms with Crippen LogP contribution in [0.15, 0.2) is 55.1 Å². The lowest BCUT2D eigenvalue weighted by molar-refractivity contribution is 0.118. The number of carbonyl (C=O) groups is 1. The van der Waals surface area contributed by atoms with Crippen molar-refractivity contribution in [1.29, 1.82) is 0 Å². The Balaban J connectivity index is 1.55. The number of hydrogen-bond acceptors (Lipinski definition) is 7. The van der Waals surface area contributed by atoms with Crippen LogP contribution in [0.25, 0.3) is 33.4 Å². The van der Waals surface area contributed by atoms with Crippen molar-refractivity contribution in [2.75, 3.05) is 12.4 Å². The van der Waals surface area contributed by atoms with Gasteiger partial charge in [-0.15, -0.1) is 0 Å². The predicted octanol–water partition coefficient (Wildman–Crippen LogP) is 5.29. The average Bonchev–Trinajstić information content (AvgIpc) is 3.56. The Labute approximate surface area is 214 Å². The summed E-state index contributed by atoms with van der Waals surface area (Å²) >= 11 is 0. The zero-order chi connectivity index (χ0) is 26.3. The summed E-state index contributed by atoms with van der Waals surface area (Å²) in [4.78, 5) is 22.1. The van der Waals surface area contributed by atoms with Crippen molar-refractivity contribution in [2.45, 2.75) is 26.9 Å². The number of carbonyl (C=O) groups excluding carboxylic acids is 1. The van der Waals surface area contributed by atoms with Gasteiger partial charge in [-0.3, -0.25) is 4.68 Å². The van der Waals surface area contributed by atoms with Gasteiger partial charge in [-0.25, -0.2) is 19.3 Å². The quantitative estimate of drug-likeness (QED) is 0.339. The lowest BCUT2D eigenvalue weighted by Crippen LogP contribution is -2.18. The van der Waals surface area contributed by atoms with Gasteiger partial charge in [0.2, 0.25) is 0 Å². The van der Waals surface area contributed by atoms with Gasteiger partial charge < -0.3 is 19.4 Å². The van der Waals surface area contributed by atoms with Crippen molar-refractivity contribution in [2.24, 2.45) is 14.1 Å². The Morgan fingerprint density at radius 1 is 1.00 bits per heavy atom. The fourth-order valence-corrected chi connectivity index (χ4v) is 4.25. The number of pyridine rings is 1. The number of imidazole rings is 1. The molecule has 0 aliphatic rings. The van der Waals surface area contributed by atoms with Crippen LogP contribution in [0.5, 0.6) is 5.75 Å². The van der Waals surface area contributed by atoms with Crippen LogP contribution in [0.3, 0.4) is 0 Å². The number of methoxy groups -OCH3 is 1. The van der Waals surface area contributed by atoms with Gasteiger partial charge in [0.15, 0.2) is 0 Å². The zero-order valence-corrected chi connectivity index (χ0v) is 21.7. The normalized spacial score (nSPS) is 11.3. The first kappa shape index (κ1) is 24.1. The van der Waals surface area contributed by atoms with Crippen molar-refractivity contribution >= 4 is 28.5 Å². The minimum atomic E-state index is -0.464. The number of aryl methyl sites for hydroxylation is 2. The molecule has 0 amide bonds. The van der Waals surface area contributed by atoms with Crippen molar-refractivity contribution in [3.8, 4) is 28.3 Å². The maximum absolute atomic E-state index is 13.1. The second-order valence-corrected chi connectivity index (χ2v) is 9.12. The van der Waals surface area contributed by atoms with E-state index in [1.54, 1.807) is 28.8 Å². The van der Waals surface area contributed by atoms with Crippen LogP contribution in [0.1, 0.15) is 19.7 Å². The monoisotopic (exact) mass is 499 g/mol. The first-order valence-electron chi connectivity index (χ1n) is 11.9. The van der Waals surface area contributed by atoms with Crippen LogP contribution >= 0.6 is 0 Å². The average molecular weight is 500 g/mol. The number of ether oxygens (including phenoxy) is 2. The van der Waals surface area contributed by atoms with Gasteiger partial charge in [0, 0.05) is 49.1 Å². The molecule has 0 unspecified atom stereocenters. The van der Waals surface area contributed by atoms with E-state index >= 15 is 0 Å². The molecule has 0 radical (unpaired) electrons. The van der Waals surface area contributed by atoms with E-state index in [1.807, 2.05) is 82.2 Å². The summed E-state index contributed by atoms with van der Waals surface area (Å²) in [6.07, 6.45) is 6.42. The van der Waals surface area contributed by atoms with E-state index in [9.17, 15) is 4.79 Å². The molecule has 0 atom stereocenters. The standard InChI is InChI=1S/C27H29N7O3/c1-16(2)37-27(35)34-22(20-13-30-32(4)15-20)9-19-12-29-26(11-23(19)34)31-21-8-7-18(10-25(21)36-6)24-14-28-17(3)33(24)5/h7-16H,1-6H3,(H,29,31). The molecule has 0 fully saturated rings. The summed E-state index contributed by atoms with van der Waals surface area (Å²) in [7, 11) is 5.44. The van der Waals surface area contributed by atoms with Gasteiger partial charge in [-0.1, -0.05) is 6.07 Å². The van der Waals surface area contributed by atoms with E-state index in [0.29, 0.717) is 22.8 Å². The number of benzene rings is 1. The molecule has 4 heterocycles. The van der Waals surface area contributed by atoms with Crippen LogP contribution in [0.2, 0.25) is 0 Å². The Kier molecular flexibility index (Phi) is 6.16. The summed E-state index contributed by atoms with van der Waals surface area (Å²) in [5.74, 6) is 2.14. The van der Waals surface area contributed by atoms with Crippen LogP contribution in [0.4, 0.5) is 16.3 Å². The Hall–Kier alpha value is -4.60. The van der Waals surface area contributed by atoms with E-state index in [4.69, 9.17) is 9.47 Å². The molecule has 5 rings (SSSR count). The molecule has 0 aliphatic carbocycles. The molecular formula is C27H29N7O3. The second kappa shape index (κ2) is 9.45. The highest BCUT2D eigenvalue weighted by atomic mass is 16.6. The van der Waals surface area contributed by atoms with Crippen molar-refractivity contribution in [3.05, 3.63) is 60.9 Å². The summed E-state index contributed by atoms with van der Waals surface area (Å²) in [6, 6.07) is 9.64. The number of nitrogens with zero attached hydrogens (tertiary/aromatic N) is 6. The fraction of sp³-hybridized carbons (Fsp3) is 0.259. The van der Waals surface area contributed by atoms with Gasteiger partial charge in [-0.2, -0.15) is 5.10 Å². The molecule has 1 aromatic carbocycles.